The number of hydrogen-bond acceptors (Lipinski definition) is 5. The van der Waals surface area contributed by atoms with Crippen LogP contribution in [0, 0.1) is 21.4 Å². The minimum atomic E-state index is -0.515. The third-order valence-electron chi connectivity index (χ3n) is 4.32. The van der Waals surface area contributed by atoms with E-state index in [-0.39, 0.29) is 23.7 Å². The van der Waals surface area contributed by atoms with Crippen LogP contribution in [0.2, 0.25) is 0 Å². The molecule has 0 fully saturated rings. The standard InChI is InChI=1S/C22H18N4O3/c1-25(15-17-7-5-6-16(12-17)14-23)22(27)18-10-11-20(21(13-18)26(28)29)24-19-8-3-2-4-9-19/h2-13,24H,15H2,1H3. The Labute approximate surface area is 168 Å². The zero-order chi connectivity index (χ0) is 20.8. The number of nitriles is 1. The number of rotatable bonds is 6. The fourth-order valence-electron chi connectivity index (χ4n) is 2.90. The van der Waals surface area contributed by atoms with E-state index in [1.165, 1.54) is 17.0 Å². The molecule has 1 N–H and O–H groups in total. The summed E-state index contributed by atoms with van der Waals surface area (Å²) in [6, 6.07) is 22.5. The molecule has 0 radical (unpaired) electrons. The number of carbonyl (C=O) groups is 1. The lowest BCUT2D eigenvalue weighted by Gasteiger charge is -2.18. The Morgan fingerprint density at radius 3 is 2.55 bits per heavy atom. The van der Waals surface area contributed by atoms with Crippen LogP contribution in [0.5, 0.6) is 0 Å². The molecule has 144 valence electrons. The average Bonchev–Trinajstić information content (AvgIpc) is 2.74. The van der Waals surface area contributed by atoms with Gasteiger partial charge >= 0.3 is 0 Å². The minimum Gasteiger partial charge on any atom is -0.350 e. The zero-order valence-electron chi connectivity index (χ0n) is 15.7. The molecule has 0 bridgehead atoms. The lowest BCUT2D eigenvalue weighted by atomic mass is 10.1. The summed E-state index contributed by atoms with van der Waals surface area (Å²) in [6.45, 7) is 0.284. The van der Waals surface area contributed by atoms with Crippen LogP contribution in [-0.4, -0.2) is 22.8 Å². The summed E-state index contributed by atoms with van der Waals surface area (Å²) < 4.78 is 0. The highest BCUT2D eigenvalue weighted by molar-refractivity contribution is 5.95. The van der Waals surface area contributed by atoms with Crippen molar-refractivity contribution in [3.63, 3.8) is 0 Å². The van der Waals surface area contributed by atoms with Crippen molar-refractivity contribution in [3.8, 4) is 6.07 Å². The summed E-state index contributed by atoms with van der Waals surface area (Å²) in [7, 11) is 1.61. The molecule has 0 unspecified atom stereocenters. The Morgan fingerprint density at radius 1 is 1.10 bits per heavy atom. The van der Waals surface area contributed by atoms with Crippen molar-refractivity contribution in [2.45, 2.75) is 6.54 Å². The van der Waals surface area contributed by atoms with Crippen molar-refractivity contribution in [1.29, 1.82) is 5.26 Å². The number of nitrogens with one attached hydrogen (secondary N) is 1. The molecule has 0 aliphatic rings. The van der Waals surface area contributed by atoms with Gasteiger partial charge in [-0.25, -0.2) is 0 Å². The number of nitrogens with zero attached hydrogens (tertiary/aromatic N) is 3. The second-order valence-corrected chi connectivity index (χ2v) is 6.45. The monoisotopic (exact) mass is 386 g/mol. The van der Waals surface area contributed by atoms with Crippen LogP contribution in [0.3, 0.4) is 0 Å². The van der Waals surface area contributed by atoms with Crippen LogP contribution < -0.4 is 5.32 Å². The number of amides is 1. The van der Waals surface area contributed by atoms with Gasteiger partial charge in [0.2, 0.25) is 0 Å². The summed E-state index contributed by atoms with van der Waals surface area (Å²) in [6.07, 6.45) is 0. The van der Waals surface area contributed by atoms with Gasteiger partial charge in [0, 0.05) is 30.9 Å². The Bertz CT molecular complexity index is 1090. The molecule has 0 aromatic heterocycles. The van der Waals surface area contributed by atoms with E-state index >= 15 is 0 Å². The highest BCUT2D eigenvalue weighted by Crippen LogP contribution is 2.29. The Morgan fingerprint density at radius 2 is 1.86 bits per heavy atom. The molecule has 0 aliphatic carbocycles. The largest absolute Gasteiger partial charge is 0.350 e. The molecule has 7 heteroatoms. The van der Waals surface area contributed by atoms with Crippen LogP contribution in [0.1, 0.15) is 21.5 Å². The number of benzene rings is 3. The molecule has 0 saturated carbocycles. The Kier molecular flexibility index (Phi) is 5.85. The zero-order valence-corrected chi connectivity index (χ0v) is 15.7. The third-order valence-corrected chi connectivity index (χ3v) is 4.32. The van der Waals surface area contributed by atoms with E-state index in [0.717, 1.165) is 5.56 Å². The second kappa shape index (κ2) is 8.67. The molecule has 29 heavy (non-hydrogen) atoms. The van der Waals surface area contributed by atoms with Gasteiger partial charge in [-0.15, -0.1) is 0 Å². The molecule has 3 aromatic carbocycles. The molecule has 0 saturated heterocycles. The Balaban J connectivity index is 1.82. The van der Waals surface area contributed by atoms with Crippen molar-refractivity contribution in [3.05, 3.63) is 99.6 Å². The normalized spacial score (nSPS) is 10.1. The van der Waals surface area contributed by atoms with Gasteiger partial charge in [-0.2, -0.15) is 5.26 Å². The van der Waals surface area contributed by atoms with Gasteiger partial charge in [0.15, 0.2) is 0 Å². The van der Waals surface area contributed by atoms with Gasteiger partial charge in [-0.3, -0.25) is 14.9 Å². The molecule has 7 nitrogen and oxygen atoms in total. The first kappa shape index (κ1) is 19.6. The number of nitro groups is 1. The first-order chi connectivity index (χ1) is 14.0. The number of para-hydroxylation sites is 1. The van der Waals surface area contributed by atoms with Crippen LogP contribution in [0.15, 0.2) is 72.8 Å². The number of nitro benzene ring substituents is 1. The van der Waals surface area contributed by atoms with E-state index in [1.807, 2.05) is 24.3 Å². The highest BCUT2D eigenvalue weighted by atomic mass is 16.6. The van der Waals surface area contributed by atoms with Crippen LogP contribution in [0.4, 0.5) is 17.1 Å². The van der Waals surface area contributed by atoms with E-state index in [4.69, 9.17) is 5.26 Å². The maximum Gasteiger partial charge on any atom is 0.293 e. The maximum absolute atomic E-state index is 12.8. The van der Waals surface area contributed by atoms with Gasteiger partial charge < -0.3 is 10.2 Å². The topological polar surface area (TPSA) is 99.3 Å². The molecule has 0 spiro atoms. The minimum absolute atomic E-state index is 0.181. The molecule has 0 heterocycles. The van der Waals surface area contributed by atoms with Crippen molar-refractivity contribution in [2.24, 2.45) is 0 Å². The lowest BCUT2D eigenvalue weighted by Crippen LogP contribution is -2.26. The van der Waals surface area contributed by atoms with E-state index in [2.05, 4.69) is 11.4 Å². The molecular formula is C22H18N4O3. The van der Waals surface area contributed by atoms with E-state index in [9.17, 15) is 14.9 Å². The summed E-state index contributed by atoms with van der Waals surface area (Å²) in [5, 5.41) is 23.5. The van der Waals surface area contributed by atoms with Crippen molar-refractivity contribution >= 4 is 23.0 Å². The first-order valence-corrected chi connectivity index (χ1v) is 8.83. The lowest BCUT2D eigenvalue weighted by molar-refractivity contribution is -0.383. The maximum atomic E-state index is 12.8. The van der Waals surface area contributed by atoms with Gasteiger partial charge in [0.05, 0.1) is 16.6 Å². The van der Waals surface area contributed by atoms with Gasteiger partial charge in [0.1, 0.15) is 5.69 Å². The first-order valence-electron chi connectivity index (χ1n) is 8.83. The number of carbonyl (C=O) groups excluding carboxylic acids is 1. The van der Waals surface area contributed by atoms with Crippen molar-refractivity contribution in [2.75, 3.05) is 12.4 Å². The van der Waals surface area contributed by atoms with Gasteiger partial charge in [0.25, 0.3) is 11.6 Å². The third kappa shape index (κ3) is 4.76. The van der Waals surface area contributed by atoms with Crippen LogP contribution >= 0.6 is 0 Å². The predicted octanol–water partition coefficient (Wildman–Crippen LogP) is 4.48. The molecule has 0 atom stereocenters. The Hall–Kier alpha value is -4.18. The molecular weight excluding hydrogens is 368 g/mol. The summed E-state index contributed by atoms with van der Waals surface area (Å²) in [4.78, 5) is 25.2. The van der Waals surface area contributed by atoms with E-state index < -0.39 is 4.92 Å². The van der Waals surface area contributed by atoms with Crippen LogP contribution in [-0.2, 0) is 6.54 Å². The molecule has 0 aliphatic heterocycles. The molecule has 3 aromatic rings. The average molecular weight is 386 g/mol. The summed E-state index contributed by atoms with van der Waals surface area (Å²) in [5.41, 5.74) is 2.37. The van der Waals surface area contributed by atoms with Crippen molar-refractivity contribution < 1.29 is 9.72 Å². The van der Waals surface area contributed by atoms with E-state index in [1.54, 1.807) is 43.4 Å². The summed E-state index contributed by atoms with van der Waals surface area (Å²) in [5.74, 6) is -0.346. The summed E-state index contributed by atoms with van der Waals surface area (Å²) >= 11 is 0. The van der Waals surface area contributed by atoms with E-state index in [0.29, 0.717) is 16.9 Å². The smallest absolute Gasteiger partial charge is 0.293 e. The fourth-order valence-corrected chi connectivity index (χ4v) is 2.90. The highest BCUT2D eigenvalue weighted by Gasteiger charge is 2.20. The number of hydrogen-bond donors (Lipinski definition) is 1. The SMILES string of the molecule is CN(Cc1cccc(C#N)c1)C(=O)c1ccc(Nc2ccccc2)c([N+](=O)[O-])c1. The molecule has 3 rings (SSSR count). The second-order valence-electron chi connectivity index (χ2n) is 6.45. The quantitative estimate of drug-likeness (QED) is 0.497. The predicted molar refractivity (Wildman–Crippen MR) is 110 cm³/mol. The van der Waals surface area contributed by atoms with Crippen molar-refractivity contribution in [1.82, 2.24) is 4.90 Å². The van der Waals surface area contributed by atoms with Crippen LogP contribution in [0.25, 0.3) is 0 Å². The number of anilines is 2. The fraction of sp³-hybridized carbons (Fsp3) is 0.0909. The molecule has 1 amide bonds. The van der Waals surface area contributed by atoms with Gasteiger partial charge in [-0.05, 0) is 42.0 Å². The van der Waals surface area contributed by atoms with Gasteiger partial charge in [-0.1, -0.05) is 30.3 Å².